The molecule has 0 aliphatic carbocycles. The van der Waals surface area contributed by atoms with Gasteiger partial charge in [0.1, 0.15) is 0 Å². The molecule has 2 atom stereocenters. The van der Waals surface area contributed by atoms with Crippen molar-refractivity contribution in [3.05, 3.63) is 0 Å². The second-order valence-electron chi connectivity index (χ2n) is 3.12. The number of rotatable bonds is 3. The molecule has 0 bridgehead atoms. The molecule has 0 amide bonds. The Morgan fingerprint density at radius 3 is 1.78 bits per heavy atom. The standard InChI is InChI=1S/C8H18N/c1-5-8(9)7(4)6(2)3/h6-9H,5H2,1-4H3. The van der Waals surface area contributed by atoms with E-state index in [0.717, 1.165) is 6.42 Å². The van der Waals surface area contributed by atoms with Gasteiger partial charge < -0.3 is 0 Å². The minimum atomic E-state index is 0.144. The van der Waals surface area contributed by atoms with E-state index in [1.54, 1.807) is 0 Å². The molecule has 55 valence electrons. The first-order valence-electron chi connectivity index (χ1n) is 3.80. The lowest BCUT2D eigenvalue weighted by Crippen LogP contribution is -2.22. The highest BCUT2D eigenvalue weighted by Gasteiger charge is 2.13. The zero-order valence-electron chi connectivity index (χ0n) is 6.94. The Labute approximate surface area is 58.6 Å². The second kappa shape index (κ2) is 3.89. The van der Waals surface area contributed by atoms with Gasteiger partial charge in [0.2, 0.25) is 0 Å². The van der Waals surface area contributed by atoms with Gasteiger partial charge in [-0.15, -0.1) is 0 Å². The van der Waals surface area contributed by atoms with Gasteiger partial charge in [-0.05, 0) is 18.3 Å². The Morgan fingerprint density at radius 2 is 1.67 bits per heavy atom. The van der Waals surface area contributed by atoms with Crippen molar-refractivity contribution in [2.45, 2.75) is 40.2 Å². The van der Waals surface area contributed by atoms with Crippen molar-refractivity contribution in [2.24, 2.45) is 11.8 Å². The molecule has 0 rings (SSSR count). The highest BCUT2D eigenvalue weighted by molar-refractivity contribution is 4.68. The van der Waals surface area contributed by atoms with Crippen LogP contribution >= 0.6 is 0 Å². The van der Waals surface area contributed by atoms with Gasteiger partial charge >= 0.3 is 0 Å². The van der Waals surface area contributed by atoms with E-state index in [4.69, 9.17) is 5.73 Å². The fraction of sp³-hybridized carbons (Fsp3) is 1.00. The molecular weight excluding hydrogens is 110 g/mol. The summed E-state index contributed by atoms with van der Waals surface area (Å²) in [5.41, 5.74) is 7.56. The van der Waals surface area contributed by atoms with Crippen LogP contribution < -0.4 is 5.73 Å². The zero-order chi connectivity index (χ0) is 7.44. The molecule has 1 radical (unpaired) electrons. The summed E-state index contributed by atoms with van der Waals surface area (Å²) in [7, 11) is 0. The summed E-state index contributed by atoms with van der Waals surface area (Å²) >= 11 is 0. The van der Waals surface area contributed by atoms with E-state index in [0.29, 0.717) is 11.8 Å². The molecule has 0 aliphatic heterocycles. The van der Waals surface area contributed by atoms with E-state index in [2.05, 4.69) is 27.7 Å². The van der Waals surface area contributed by atoms with Crippen molar-refractivity contribution in [3.63, 3.8) is 0 Å². The molecule has 2 unspecified atom stereocenters. The van der Waals surface area contributed by atoms with Crippen molar-refractivity contribution < 1.29 is 0 Å². The van der Waals surface area contributed by atoms with Crippen molar-refractivity contribution in [1.29, 1.82) is 0 Å². The topological polar surface area (TPSA) is 23.8 Å². The van der Waals surface area contributed by atoms with Crippen LogP contribution in [0.3, 0.4) is 0 Å². The lowest BCUT2D eigenvalue weighted by Gasteiger charge is -2.20. The van der Waals surface area contributed by atoms with Crippen LogP contribution in [0.5, 0.6) is 0 Å². The molecule has 1 nitrogen and oxygen atoms in total. The van der Waals surface area contributed by atoms with Gasteiger partial charge in [0.25, 0.3) is 0 Å². The van der Waals surface area contributed by atoms with Crippen LogP contribution in [-0.4, -0.2) is 6.04 Å². The summed E-state index contributed by atoms with van der Waals surface area (Å²) in [6.45, 7) is 8.60. The van der Waals surface area contributed by atoms with Gasteiger partial charge in [-0.3, -0.25) is 5.73 Å². The van der Waals surface area contributed by atoms with Crippen molar-refractivity contribution >= 4 is 0 Å². The number of nitrogens with one attached hydrogen (secondary N) is 1. The largest absolute Gasteiger partial charge is 0.254 e. The van der Waals surface area contributed by atoms with E-state index < -0.39 is 0 Å². The molecule has 0 saturated carbocycles. The summed E-state index contributed by atoms with van der Waals surface area (Å²) in [5, 5.41) is 0. The summed E-state index contributed by atoms with van der Waals surface area (Å²) in [4.78, 5) is 0. The molecule has 0 saturated heterocycles. The molecule has 0 aliphatic rings. The molecule has 1 heteroatoms. The lowest BCUT2D eigenvalue weighted by molar-refractivity contribution is 0.333. The molecule has 0 spiro atoms. The van der Waals surface area contributed by atoms with Crippen LogP contribution in [0.25, 0.3) is 0 Å². The van der Waals surface area contributed by atoms with Crippen LogP contribution in [0.4, 0.5) is 0 Å². The summed E-state index contributed by atoms with van der Waals surface area (Å²) in [6, 6.07) is 0.144. The predicted octanol–water partition coefficient (Wildman–Crippen LogP) is 2.34. The third-order valence-corrected chi connectivity index (χ3v) is 2.13. The molecule has 0 heterocycles. The quantitative estimate of drug-likeness (QED) is 0.557. The Kier molecular flexibility index (Phi) is 3.87. The van der Waals surface area contributed by atoms with E-state index in [-0.39, 0.29) is 6.04 Å². The molecule has 0 aromatic rings. The average molecular weight is 128 g/mol. The molecule has 0 aromatic carbocycles. The van der Waals surface area contributed by atoms with Crippen molar-refractivity contribution in [2.75, 3.05) is 0 Å². The Balaban J connectivity index is 3.58. The van der Waals surface area contributed by atoms with Crippen LogP contribution in [-0.2, 0) is 0 Å². The minimum absolute atomic E-state index is 0.144. The third kappa shape index (κ3) is 2.85. The smallest absolute Gasteiger partial charge is 0.0238 e. The van der Waals surface area contributed by atoms with Gasteiger partial charge in [0, 0.05) is 6.04 Å². The minimum Gasteiger partial charge on any atom is -0.254 e. The van der Waals surface area contributed by atoms with E-state index in [1.165, 1.54) is 0 Å². The molecule has 9 heavy (non-hydrogen) atoms. The summed E-state index contributed by atoms with van der Waals surface area (Å²) in [6.07, 6.45) is 0.985. The first-order chi connectivity index (χ1) is 4.09. The van der Waals surface area contributed by atoms with E-state index in [9.17, 15) is 0 Å². The van der Waals surface area contributed by atoms with E-state index >= 15 is 0 Å². The lowest BCUT2D eigenvalue weighted by atomic mass is 9.90. The van der Waals surface area contributed by atoms with Crippen molar-refractivity contribution in [3.8, 4) is 0 Å². The number of hydrogen-bond acceptors (Lipinski definition) is 0. The maximum absolute atomic E-state index is 7.56. The molecular formula is C8H18N. The SMILES string of the molecule is CCC([NH])C(C)C(C)C. The Hall–Kier alpha value is -0.0400. The highest BCUT2D eigenvalue weighted by atomic mass is 14.6. The first-order valence-corrected chi connectivity index (χ1v) is 3.80. The maximum Gasteiger partial charge on any atom is 0.0238 e. The zero-order valence-corrected chi connectivity index (χ0v) is 6.94. The van der Waals surface area contributed by atoms with Gasteiger partial charge in [0.05, 0.1) is 0 Å². The first kappa shape index (κ1) is 8.96. The van der Waals surface area contributed by atoms with Gasteiger partial charge in [0.15, 0.2) is 0 Å². The van der Waals surface area contributed by atoms with Gasteiger partial charge in [-0.1, -0.05) is 27.7 Å². The molecule has 1 N–H and O–H groups in total. The van der Waals surface area contributed by atoms with Crippen molar-refractivity contribution in [1.82, 2.24) is 5.73 Å². The molecule has 0 aromatic heterocycles. The second-order valence-corrected chi connectivity index (χ2v) is 3.12. The highest BCUT2D eigenvalue weighted by Crippen LogP contribution is 2.15. The van der Waals surface area contributed by atoms with Gasteiger partial charge in [-0.2, -0.15) is 0 Å². The van der Waals surface area contributed by atoms with Gasteiger partial charge in [-0.25, -0.2) is 0 Å². The summed E-state index contributed by atoms with van der Waals surface area (Å²) < 4.78 is 0. The molecule has 0 fully saturated rings. The Bertz CT molecular complexity index is 69.0. The maximum atomic E-state index is 7.56. The fourth-order valence-corrected chi connectivity index (χ4v) is 0.836. The average Bonchev–Trinajstić information content (AvgIpc) is 1.84. The summed E-state index contributed by atoms with van der Waals surface area (Å²) in [5.74, 6) is 1.21. The van der Waals surface area contributed by atoms with E-state index in [1.807, 2.05) is 0 Å². The monoisotopic (exact) mass is 128 g/mol. The van der Waals surface area contributed by atoms with Crippen LogP contribution in [0.1, 0.15) is 34.1 Å². The van der Waals surface area contributed by atoms with Crippen LogP contribution in [0.15, 0.2) is 0 Å². The fourth-order valence-electron chi connectivity index (χ4n) is 0.836. The third-order valence-electron chi connectivity index (χ3n) is 2.13. The van der Waals surface area contributed by atoms with Crippen LogP contribution in [0, 0.1) is 11.8 Å². The number of hydrogen-bond donors (Lipinski definition) is 0. The van der Waals surface area contributed by atoms with Crippen LogP contribution in [0.2, 0.25) is 0 Å². The predicted molar refractivity (Wildman–Crippen MR) is 41.2 cm³/mol. The normalized spacial score (nSPS) is 18.0. The Morgan fingerprint density at radius 1 is 1.22 bits per heavy atom.